The van der Waals surface area contributed by atoms with Crippen LogP contribution in [0.3, 0.4) is 0 Å². The molecule has 12 heteroatoms. The maximum atomic E-state index is 13.0. The normalized spacial score (nSPS) is 23.0. The summed E-state index contributed by atoms with van der Waals surface area (Å²) < 4.78 is 10.1. The van der Waals surface area contributed by atoms with Gasteiger partial charge >= 0.3 is 12.0 Å². The van der Waals surface area contributed by atoms with Crippen LogP contribution in [0, 0.1) is 11.3 Å². The van der Waals surface area contributed by atoms with Crippen molar-refractivity contribution in [2.24, 2.45) is 11.3 Å². The van der Waals surface area contributed by atoms with Crippen LogP contribution in [0.1, 0.15) is 40.0 Å². The zero-order chi connectivity index (χ0) is 25.8. The number of imide groups is 1. The lowest BCUT2D eigenvalue weighted by atomic mass is 9.64. The second-order valence-corrected chi connectivity index (χ2v) is 10.2. The third-order valence-corrected chi connectivity index (χ3v) is 6.05. The number of carbonyl (C=O) groups is 5. The molecule has 11 nitrogen and oxygen atoms in total. The van der Waals surface area contributed by atoms with Crippen LogP contribution in [0.2, 0.25) is 5.02 Å². The van der Waals surface area contributed by atoms with Gasteiger partial charge in [-0.2, -0.15) is 0 Å². The molecule has 1 aromatic carbocycles. The molecule has 1 aliphatic heterocycles. The summed E-state index contributed by atoms with van der Waals surface area (Å²) in [6, 6.07) is 5.70. The zero-order valence-electron chi connectivity index (χ0n) is 19.8. The van der Waals surface area contributed by atoms with Gasteiger partial charge in [-0.15, -0.1) is 0 Å². The molecule has 1 aromatic rings. The maximum absolute atomic E-state index is 13.0. The Balaban J connectivity index is 1.40. The Kier molecular flexibility index (Phi) is 7.89. The number of urea groups is 1. The number of nitrogens with zero attached hydrogens (tertiary/aromatic N) is 1. The topological polar surface area (TPSA) is 143 Å². The molecule has 1 saturated heterocycles. The number of esters is 1. The molecule has 0 bridgehead atoms. The summed E-state index contributed by atoms with van der Waals surface area (Å²) in [5.41, 5.74) is 3.02. The first kappa shape index (κ1) is 26.3. The van der Waals surface area contributed by atoms with Gasteiger partial charge in [0.1, 0.15) is 17.8 Å². The number of amides is 5. The van der Waals surface area contributed by atoms with Crippen LogP contribution >= 0.6 is 11.6 Å². The summed E-state index contributed by atoms with van der Waals surface area (Å²) in [5, 5.41) is 3.29. The summed E-state index contributed by atoms with van der Waals surface area (Å²) in [5.74, 6) is -2.20. The lowest BCUT2D eigenvalue weighted by Gasteiger charge is -2.43. The van der Waals surface area contributed by atoms with Crippen molar-refractivity contribution in [2.75, 3.05) is 19.8 Å². The summed E-state index contributed by atoms with van der Waals surface area (Å²) >= 11 is 5.76. The Morgan fingerprint density at radius 2 is 1.71 bits per heavy atom. The minimum absolute atomic E-state index is 0.139. The molecule has 5 amide bonds. The molecule has 0 aromatic heterocycles. The third kappa shape index (κ3) is 6.84. The van der Waals surface area contributed by atoms with E-state index in [2.05, 4.69) is 16.2 Å². The highest BCUT2D eigenvalue weighted by molar-refractivity contribution is 6.30. The average molecular weight is 509 g/mol. The van der Waals surface area contributed by atoms with Crippen LogP contribution in [0.25, 0.3) is 0 Å². The Bertz CT molecular complexity index is 1010. The minimum Gasteiger partial charge on any atom is -0.484 e. The van der Waals surface area contributed by atoms with Crippen molar-refractivity contribution in [3.8, 4) is 5.75 Å². The quantitative estimate of drug-likeness (QED) is 0.288. The molecule has 0 radical (unpaired) electrons. The SMILES string of the molecule is CC1CC(C)(C)CC2(C1)NC(=O)N(CC(=O)OCC(=O)NNC(=O)COc1ccc(Cl)cc1)C2=O. The largest absolute Gasteiger partial charge is 0.484 e. The number of hydrazine groups is 1. The number of carbonyl (C=O) groups excluding carboxylic acids is 5. The monoisotopic (exact) mass is 508 g/mol. The highest BCUT2D eigenvalue weighted by Crippen LogP contribution is 2.46. The van der Waals surface area contributed by atoms with E-state index in [0.29, 0.717) is 23.6 Å². The molecule has 2 fully saturated rings. The van der Waals surface area contributed by atoms with Crippen LogP contribution in [0.15, 0.2) is 24.3 Å². The molecule has 1 saturated carbocycles. The van der Waals surface area contributed by atoms with Crippen LogP contribution in [-0.4, -0.2) is 59.9 Å². The van der Waals surface area contributed by atoms with Gasteiger partial charge in [0, 0.05) is 5.02 Å². The van der Waals surface area contributed by atoms with Crippen LogP contribution in [0.4, 0.5) is 4.79 Å². The molecule has 2 unspecified atom stereocenters. The smallest absolute Gasteiger partial charge is 0.326 e. The predicted octanol–water partition coefficient (Wildman–Crippen LogP) is 1.55. The van der Waals surface area contributed by atoms with E-state index in [1.807, 2.05) is 20.8 Å². The number of benzene rings is 1. The van der Waals surface area contributed by atoms with Crippen molar-refractivity contribution in [1.29, 1.82) is 0 Å². The number of hydrogen-bond acceptors (Lipinski definition) is 7. The second-order valence-electron chi connectivity index (χ2n) is 9.76. The number of ether oxygens (including phenoxy) is 2. The van der Waals surface area contributed by atoms with Gasteiger partial charge in [-0.3, -0.25) is 34.9 Å². The molecule has 1 aliphatic carbocycles. The van der Waals surface area contributed by atoms with E-state index in [1.54, 1.807) is 24.3 Å². The Morgan fingerprint density at radius 1 is 1.09 bits per heavy atom. The van der Waals surface area contributed by atoms with Gasteiger partial charge in [-0.05, 0) is 54.9 Å². The Hall–Kier alpha value is -3.34. The third-order valence-electron chi connectivity index (χ3n) is 5.80. The molecule has 3 rings (SSSR count). The lowest BCUT2D eigenvalue weighted by molar-refractivity contribution is -0.152. The van der Waals surface area contributed by atoms with Crippen molar-refractivity contribution < 1.29 is 33.4 Å². The highest BCUT2D eigenvalue weighted by atomic mass is 35.5. The second kappa shape index (κ2) is 10.5. The fraction of sp³-hybridized carbons (Fsp3) is 0.522. The van der Waals surface area contributed by atoms with Gasteiger partial charge in [0.05, 0.1) is 0 Å². The summed E-state index contributed by atoms with van der Waals surface area (Å²) in [4.78, 5) is 62.1. The standard InChI is InChI=1S/C23H29ClN4O7/c1-14-8-22(2,3)13-23(9-14)20(32)28(21(33)25-23)10-19(31)35-12-18(30)27-26-17(29)11-34-16-6-4-15(24)5-7-16/h4-7,14H,8-13H2,1-3H3,(H,25,33)(H,26,29)(H,27,30). The van der Waals surface area contributed by atoms with Crippen molar-refractivity contribution in [1.82, 2.24) is 21.1 Å². The summed E-state index contributed by atoms with van der Waals surface area (Å²) in [6.07, 6.45) is 1.90. The van der Waals surface area contributed by atoms with Gasteiger partial charge in [-0.25, -0.2) is 4.79 Å². The average Bonchev–Trinajstić information content (AvgIpc) is 2.97. The molecule has 3 N–H and O–H groups in total. The highest BCUT2D eigenvalue weighted by Gasteiger charge is 2.56. The molecule has 2 aliphatic rings. The van der Waals surface area contributed by atoms with E-state index in [-0.39, 0.29) is 17.9 Å². The molecular formula is C23H29ClN4O7. The molecule has 1 spiro atoms. The first-order valence-corrected chi connectivity index (χ1v) is 11.5. The maximum Gasteiger partial charge on any atom is 0.326 e. The lowest BCUT2D eigenvalue weighted by Crippen LogP contribution is -2.54. The number of rotatable bonds is 7. The molecule has 35 heavy (non-hydrogen) atoms. The van der Waals surface area contributed by atoms with E-state index in [9.17, 15) is 24.0 Å². The summed E-state index contributed by atoms with van der Waals surface area (Å²) in [6.45, 7) is 4.42. The summed E-state index contributed by atoms with van der Waals surface area (Å²) in [7, 11) is 0. The minimum atomic E-state index is -1.03. The molecule has 2 atom stereocenters. The number of halogens is 1. The first-order chi connectivity index (χ1) is 16.4. The Morgan fingerprint density at radius 3 is 2.34 bits per heavy atom. The van der Waals surface area contributed by atoms with E-state index in [0.717, 1.165) is 11.3 Å². The molecular weight excluding hydrogens is 480 g/mol. The fourth-order valence-corrected chi connectivity index (χ4v) is 4.99. The van der Waals surface area contributed by atoms with Crippen LogP contribution < -0.4 is 20.9 Å². The van der Waals surface area contributed by atoms with Crippen LogP contribution in [-0.2, 0) is 23.9 Å². The van der Waals surface area contributed by atoms with Crippen molar-refractivity contribution in [2.45, 2.75) is 45.6 Å². The number of hydrogen-bond donors (Lipinski definition) is 3. The van der Waals surface area contributed by atoms with Gasteiger partial charge in [0.25, 0.3) is 17.7 Å². The van der Waals surface area contributed by atoms with Crippen molar-refractivity contribution in [3.05, 3.63) is 29.3 Å². The molecule has 190 valence electrons. The van der Waals surface area contributed by atoms with Gasteiger partial charge in [-0.1, -0.05) is 32.4 Å². The van der Waals surface area contributed by atoms with E-state index < -0.39 is 48.4 Å². The predicted molar refractivity (Wildman–Crippen MR) is 124 cm³/mol. The van der Waals surface area contributed by atoms with E-state index in [1.165, 1.54) is 0 Å². The van der Waals surface area contributed by atoms with Gasteiger partial charge in [0.2, 0.25) is 0 Å². The first-order valence-electron chi connectivity index (χ1n) is 11.1. The van der Waals surface area contributed by atoms with Crippen molar-refractivity contribution in [3.63, 3.8) is 0 Å². The van der Waals surface area contributed by atoms with E-state index in [4.69, 9.17) is 21.1 Å². The number of nitrogens with one attached hydrogen (secondary N) is 3. The molecule has 1 heterocycles. The zero-order valence-corrected chi connectivity index (χ0v) is 20.6. The van der Waals surface area contributed by atoms with Crippen molar-refractivity contribution >= 4 is 41.3 Å². The Labute approximate surface area is 207 Å². The van der Waals surface area contributed by atoms with E-state index >= 15 is 0 Å². The fourth-order valence-electron chi connectivity index (χ4n) is 4.86. The van der Waals surface area contributed by atoms with Gasteiger partial charge in [0.15, 0.2) is 13.2 Å². The van der Waals surface area contributed by atoms with Gasteiger partial charge < -0.3 is 14.8 Å². The van der Waals surface area contributed by atoms with Crippen LogP contribution in [0.5, 0.6) is 5.75 Å².